The number of hydrogen-bond acceptors (Lipinski definition) is 1. The number of rotatable bonds is 3. The molecule has 0 aromatic carbocycles. The van der Waals surface area contributed by atoms with Crippen molar-refractivity contribution in [1.29, 1.82) is 0 Å². The monoisotopic (exact) mass is 267 g/mol. The van der Waals surface area contributed by atoms with Crippen molar-refractivity contribution < 1.29 is 0 Å². The molecule has 0 saturated carbocycles. The van der Waals surface area contributed by atoms with Gasteiger partial charge in [-0.1, -0.05) is 60.3 Å². The molecule has 20 heavy (non-hydrogen) atoms. The second kappa shape index (κ2) is 8.31. The topological polar surface area (TPSA) is 12.4 Å². The van der Waals surface area contributed by atoms with Crippen molar-refractivity contribution in [3.05, 3.63) is 71.4 Å². The third-order valence-corrected chi connectivity index (χ3v) is 3.01. The lowest BCUT2D eigenvalue weighted by molar-refractivity contribution is 1.00. The minimum Gasteiger partial charge on any atom is -0.284 e. The zero-order valence-corrected chi connectivity index (χ0v) is 13.1. The van der Waals surface area contributed by atoms with Crippen LogP contribution in [-0.2, 0) is 0 Å². The fraction of sp³-hybridized carbons (Fsp3) is 0.316. The highest BCUT2D eigenvalue weighted by molar-refractivity contribution is 6.13. The predicted molar refractivity (Wildman–Crippen MR) is 91.3 cm³/mol. The normalized spacial score (nSPS) is 27.0. The summed E-state index contributed by atoms with van der Waals surface area (Å²) in [5.74, 6) is 0. The minimum absolute atomic E-state index is 0.805. The molecule has 0 radical (unpaired) electrons. The number of aliphatic imine (C=N–C) groups is 1. The molecule has 1 nitrogen and oxygen atoms in total. The van der Waals surface area contributed by atoms with Crippen LogP contribution in [0.25, 0.3) is 0 Å². The average molecular weight is 267 g/mol. The van der Waals surface area contributed by atoms with Crippen LogP contribution in [0, 0.1) is 0 Å². The summed E-state index contributed by atoms with van der Waals surface area (Å²) in [5, 5.41) is 0. The van der Waals surface area contributed by atoms with Gasteiger partial charge in [0, 0.05) is 6.54 Å². The lowest BCUT2D eigenvalue weighted by atomic mass is 10.00. The van der Waals surface area contributed by atoms with Gasteiger partial charge in [0.2, 0.25) is 0 Å². The van der Waals surface area contributed by atoms with Gasteiger partial charge in [-0.3, -0.25) is 4.99 Å². The first-order chi connectivity index (χ1) is 9.54. The van der Waals surface area contributed by atoms with Gasteiger partial charge in [-0.05, 0) is 45.3 Å². The van der Waals surface area contributed by atoms with Crippen LogP contribution >= 0.6 is 0 Å². The molecule has 0 saturated heterocycles. The van der Waals surface area contributed by atoms with E-state index in [1.807, 2.05) is 13.0 Å². The van der Waals surface area contributed by atoms with Crippen LogP contribution in [0.4, 0.5) is 0 Å². The van der Waals surface area contributed by atoms with E-state index in [4.69, 9.17) is 4.99 Å². The minimum atomic E-state index is 0.805. The van der Waals surface area contributed by atoms with E-state index in [0.29, 0.717) is 0 Å². The molecule has 1 heteroatoms. The van der Waals surface area contributed by atoms with Crippen LogP contribution in [0.3, 0.4) is 0 Å². The van der Waals surface area contributed by atoms with Gasteiger partial charge in [0.15, 0.2) is 0 Å². The smallest absolute Gasteiger partial charge is 0.0670 e. The Bertz CT molecular complexity index is 534. The van der Waals surface area contributed by atoms with Gasteiger partial charge in [0.25, 0.3) is 0 Å². The van der Waals surface area contributed by atoms with E-state index in [0.717, 1.165) is 24.3 Å². The predicted octanol–water partition coefficient (Wildman–Crippen LogP) is 5.36. The Morgan fingerprint density at radius 3 is 2.80 bits per heavy atom. The summed E-state index contributed by atoms with van der Waals surface area (Å²) in [7, 11) is 0. The molecule has 0 aliphatic carbocycles. The van der Waals surface area contributed by atoms with Gasteiger partial charge in [0.1, 0.15) is 0 Å². The summed E-state index contributed by atoms with van der Waals surface area (Å²) in [6, 6.07) is 0. The molecule has 106 valence electrons. The first-order valence-corrected chi connectivity index (χ1v) is 7.11. The van der Waals surface area contributed by atoms with Crippen molar-refractivity contribution in [2.24, 2.45) is 4.99 Å². The molecule has 0 amide bonds. The number of hydrogen-bond donors (Lipinski definition) is 0. The van der Waals surface area contributed by atoms with Crippen LogP contribution in [0.2, 0.25) is 0 Å². The van der Waals surface area contributed by atoms with E-state index in [-0.39, 0.29) is 0 Å². The summed E-state index contributed by atoms with van der Waals surface area (Å²) in [5.41, 5.74) is 5.58. The second-order valence-electron chi connectivity index (χ2n) is 5.10. The van der Waals surface area contributed by atoms with Crippen LogP contribution in [-0.4, -0.2) is 12.3 Å². The van der Waals surface area contributed by atoms with Gasteiger partial charge in [-0.2, -0.15) is 0 Å². The zero-order valence-electron chi connectivity index (χ0n) is 13.1. The van der Waals surface area contributed by atoms with Crippen LogP contribution < -0.4 is 0 Å². The van der Waals surface area contributed by atoms with Crippen molar-refractivity contribution in [3.63, 3.8) is 0 Å². The van der Waals surface area contributed by atoms with Crippen molar-refractivity contribution in [3.8, 4) is 0 Å². The summed E-state index contributed by atoms with van der Waals surface area (Å²) in [6.07, 6.45) is 15.7. The molecule has 0 aromatic rings. The van der Waals surface area contributed by atoms with Crippen molar-refractivity contribution in [2.45, 2.75) is 34.1 Å². The number of nitrogens with zero attached hydrogens (tertiary/aromatic N) is 1. The van der Waals surface area contributed by atoms with Gasteiger partial charge in [0.05, 0.1) is 5.71 Å². The molecular formula is C19H25N. The zero-order chi connectivity index (χ0) is 15.0. The molecule has 1 heterocycles. The fourth-order valence-electron chi connectivity index (χ4n) is 2.16. The van der Waals surface area contributed by atoms with Crippen molar-refractivity contribution in [1.82, 2.24) is 0 Å². The Balaban J connectivity index is 3.09. The maximum atomic E-state index is 4.72. The number of allylic oxidation sites excluding steroid dienone is 10. The fourth-order valence-corrected chi connectivity index (χ4v) is 2.16. The Morgan fingerprint density at radius 1 is 1.35 bits per heavy atom. The van der Waals surface area contributed by atoms with E-state index in [9.17, 15) is 0 Å². The molecule has 0 fully saturated rings. The van der Waals surface area contributed by atoms with E-state index >= 15 is 0 Å². The van der Waals surface area contributed by atoms with Gasteiger partial charge < -0.3 is 0 Å². The lowest BCUT2D eigenvalue weighted by Crippen LogP contribution is -2.05. The van der Waals surface area contributed by atoms with Crippen LogP contribution in [0.1, 0.15) is 34.1 Å². The van der Waals surface area contributed by atoms with E-state index < -0.39 is 0 Å². The Morgan fingerprint density at radius 2 is 2.10 bits per heavy atom. The molecular weight excluding hydrogens is 242 g/mol. The van der Waals surface area contributed by atoms with E-state index in [1.165, 1.54) is 16.7 Å². The third-order valence-electron chi connectivity index (χ3n) is 3.01. The summed E-state index contributed by atoms with van der Waals surface area (Å²) in [6.45, 7) is 13.3. The maximum absolute atomic E-state index is 4.72. The van der Waals surface area contributed by atoms with E-state index in [1.54, 1.807) is 0 Å². The second-order valence-corrected chi connectivity index (χ2v) is 5.10. The molecule has 0 bridgehead atoms. The highest BCUT2D eigenvalue weighted by Gasteiger charge is 2.06. The standard InChI is InChI=1S/C19H25N/c1-6-10-15(2)13-17(4)19-18(5)14-16(3)11-8-7-9-12-20-19/h6-8,10-11,13-14H,4,9,12H2,1-3,5H3/b8-7+,10-6+,15-13-,16-11-,18-14+,20-19-. The summed E-state index contributed by atoms with van der Waals surface area (Å²) < 4.78 is 0. The average Bonchev–Trinajstić information content (AvgIpc) is 2.37. The molecule has 1 aliphatic rings. The molecule has 1 aliphatic heterocycles. The molecule has 1 rings (SSSR count). The third kappa shape index (κ3) is 5.40. The SMILES string of the molecule is C=C(/C=C(C)\C=C\C)C1=N/CC/C=C/C=C(C)\C=C\1C. The molecule has 0 spiro atoms. The summed E-state index contributed by atoms with van der Waals surface area (Å²) >= 11 is 0. The first-order valence-electron chi connectivity index (χ1n) is 7.11. The first kappa shape index (κ1) is 16.2. The molecule has 0 aromatic heterocycles. The highest BCUT2D eigenvalue weighted by Crippen LogP contribution is 2.14. The van der Waals surface area contributed by atoms with Gasteiger partial charge in [-0.25, -0.2) is 0 Å². The summed E-state index contributed by atoms with van der Waals surface area (Å²) in [4.78, 5) is 4.72. The van der Waals surface area contributed by atoms with Crippen LogP contribution in [0.15, 0.2) is 76.4 Å². The Labute approximate surface area is 123 Å². The largest absolute Gasteiger partial charge is 0.284 e. The Hall–Kier alpha value is -1.89. The molecule has 0 N–H and O–H groups in total. The molecule has 0 atom stereocenters. The van der Waals surface area contributed by atoms with Crippen molar-refractivity contribution in [2.75, 3.05) is 6.54 Å². The van der Waals surface area contributed by atoms with Gasteiger partial charge in [-0.15, -0.1) is 0 Å². The van der Waals surface area contributed by atoms with Crippen molar-refractivity contribution >= 4 is 5.71 Å². The maximum Gasteiger partial charge on any atom is 0.0670 e. The van der Waals surface area contributed by atoms with Crippen LogP contribution in [0.5, 0.6) is 0 Å². The van der Waals surface area contributed by atoms with E-state index in [2.05, 4.69) is 63.8 Å². The lowest BCUT2D eigenvalue weighted by Gasteiger charge is -2.09. The van der Waals surface area contributed by atoms with Gasteiger partial charge >= 0.3 is 0 Å². The highest BCUT2D eigenvalue weighted by atomic mass is 14.7. The Kier molecular flexibility index (Phi) is 6.72. The molecule has 0 unspecified atom stereocenters. The quantitative estimate of drug-likeness (QED) is 0.610.